The number of pyridine rings is 1. The second kappa shape index (κ2) is 8.02. The molecule has 0 saturated heterocycles. The molecular formula is C26H20FN3O3. The molecule has 5 rings (SSSR count). The number of rotatable bonds is 4. The van der Waals surface area contributed by atoms with Crippen molar-refractivity contribution in [1.82, 2.24) is 4.98 Å². The molecule has 164 valence electrons. The number of aromatic nitrogens is 1. The minimum atomic E-state index is -1.01. The van der Waals surface area contributed by atoms with Gasteiger partial charge in [0.1, 0.15) is 5.82 Å². The van der Waals surface area contributed by atoms with E-state index in [1.54, 1.807) is 30.3 Å². The number of carbonyl (C=O) groups is 2. The number of hydrogen-bond donors (Lipinski definition) is 2. The molecule has 7 heteroatoms. The van der Waals surface area contributed by atoms with Gasteiger partial charge in [-0.05, 0) is 85.1 Å². The number of benzene rings is 3. The van der Waals surface area contributed by atoms with Gasteiger partial charge < -0.3 is 15.7 Å². The Morgan fingerprint density at radius 2 is 1.70 bits per heavy atom. The fourth-order valence-electron chi connectivity index (χ4n) is 4.32. The van der Waals surface area contributed by atoms with Gasteiger partial charge in [-0.1, -0.05) is 0 Å². The first-order chi connectivity index (χ1) is 15.9. The number of hydrogen-bond acceptors (Lipinski definition) is 4. The zero-order chi connectivity index (χ0) is 23.1. The summed E-state index contributed by atoms with van der Waals surface area (Å²) in [4.78, 5) is 30.1. The largest absolute Gasteiger partial charge is 0.478 e. The summed E-state index contributed by atoms with van der Waals surface area (Å²) in [5.74, 6) is -1.83. The molecule has 0 radical (unpaired) electrons. The molecule has 0 aliphatic carbocycles. The van der Waals surface area contributed by atoms with Crippen LogP contribution in [0, 0.1) is 5.82 Å². The lowest BCUT2D eigenvalue weighted by atomic mass is 9.97. The Morgan fingerprint density at radius 1 is 0.939 bits per heavy atom. The SMILES string of the molecule is NC(=O)c1ccc2c(c1)CCCN2c1cc2cc(C(=O)O)ccc2nc1-c1ccc(F)cc1. The lowest BCUT2D eigenvalue weighted by Crippen LogP contribution is -2.26. The van der Waals surface area contributed by atoms with Gasteiger partial charge in [0, 0.05) is 28.7 Å². The summed E-state index contributed by atoms with van der Waals surface area (Å²) in [6.07, 6.45) is 1.66. The highest BCUT2D eigenvalue weighted by Gasteiger charge is 2.23. The zero-order valence-electron chi connectivity index (χ0n) is 17.6. The predicted octanol–water partition coefficient (Wildman–Crippen LogP) is 4.92. The monoisotopic (exact) mass is 441 g/mol. The highest BCUT2D eigenvalue weighted by Crippen LogP contribution is 2.40. The Labute approximate surface area is 189 Å². The van der Waals surface area contributed by atoms with Crippen LogP contribution in [0.4, 0.5) is 15.8 Å². The van der Waals surface area contributed by atoms with Crippen molar-refractivity contribution in [3.8, 4) is 11.3 Å². The number of primary amides is 1. The Morgan fingerprint density at radius 3 is 2.42 bits per heavy atom. The Kier molecular flexibility index (Phi) is 5.01. The standard InChI is InChI=1S/C26H20FN3O3/c27-20-7-3-15(4-8-20)24-23(14-19-13-18(26(32)33)5-9-21(19)29-24)30-11-1-2-16-12-17(25(28)31)6-10-22(16)30/h3-10,12-14H,1-2,11H2,(H2,28,31)(H,32,33). The summed E-state index contributed by atoms with van der Waals surface area (Å²) in [6.45, 7) is 0.711. The van der Waals surface area contributed by atoms with Crippen molar-refractivity contribution in [1.29, 1.82) is 0 Å². The molecule has 1 aromatic heterocycles. The van der Waals surface area contributed by atoms with Crippen LogP contribution in [0.25, 0.3) is 22.2 Å². The van der Waals surface area contributed by atoms with E-state index in [4.69, 9.17) is 10.7 Å². The van der Waals surface area contributed by atoms with Crippen LogP contribution in [-0.4, -0.2) is 28.5 Å². The topological polar surface area (TPSA) is 96.5 Å². The maximum Gasteiger partial charge on any atom is 0.335 e. The van der Waals surface area contributed by atoms with Gasteiger partial charge in [0.25, 0.3) is 0 Å². The van der Waals surface area contributed by atoms with E-state index in [9.17, 15) is 19.1 Å². The first-order valence-electron chi connectivity index (χ1n) is 10.5. The number of anilines is 2. The highest BCUT2D eigenvalue weighted by molar-refractivity contribution is 5.97. The number of amides is 1. The molecule has 3 N–H and O–H groups in total. The quantitative estimate of drug-likeness (QED) is 0.468. The minimum Gasteiger partial charge on any atom is -0.478 e. The van der Waals surface area contributed by atoms with Crippen molar-refractivity contribution in [2.45, 2.75) is 12.8 Å². The van der Waals surface area contributed by atoms with E-state index in [1.807, 2.05) is 18.2 Å². The van der Waals surface area contributed by atoms with Gasteiger partial charge in [0.05, 0.1) is 22.5 Å². The molecule has 6 nitrogen and oxygen atoms in total. The first-order valence-corrected chi connectivity index (χ1v) is 10.5. The van der Waals surface area contributed by atoms with Crippen LogP contribution in [0.1, 0.15) is 32.7 Å². The average Bonchev–Trinajstić information content (AvgIpc) is 2.82. The normalized spacial score (nSPS) is 13.1. The highest BCUT2D eigenvalue weighted by atomic mass is 19.1. The summed E-state index contributed by atoms with van der Waals surface area (Å²) < 4.78 is 13.6. The second-order valence-electron chi connectivity index (χ2n) is 8.04. The van der Waals surface area contributed by atoms with Crippen molar-refractivity contribution in [2.24, 2.45) is 5.73 Å². The van der Waals surface area contributed by atoms with E-state index in [0.717, 1.165) is 35.3 Å². The predicted molar refractivity (Wildman–Crippen MR) is 124 cm³/mol. The van der Waals surface area contributed by atoms with Gasteiger partial charge in [-0.25, -0.2) is 14.2 Å². The van der Waals surface area contributed by atoms with E-state index in [1.165, 1.54) is 18.2 Å². The summed E-state index contributed by atoms with van der Waals surface area (Å²) in [5, 5.41) is 10.1. The van der Waals surface area contributed by atoms with Crippen LogP contribution in [0.3, 0.4) is 0 Å². The number of fused-ring (bicyclic) bond motifs is 2. The average molecular weight is 441 g/mol. The van der Waals surface area contributed by atoms with Crippen LogP contribution in [0.2, 0.25) is 0 Å². The molecule has 1 amide bonds. The molecule has 0 spiro atoms. The lowest BCUT2D eigenvalue weighted by Gasteiger charge is -2.33. The van der Waals surface area contributed by atoms with Crippen LogP contribution in [0.5, 0.6) is 0 Å². The Hall–Kier alpha value is -4.26. The number of nitrogens with two attached hydrogens (primary N) is 1. The van der Waals surface area contributed by atoms with Crippen molar-refractivity contribution in [2.75, 3.05) is 11.4 Å². The van der Waals surface area contributed by atoms with Crippen LogP contribution < -0.4 is 10.6 Å². The van der Waals surface area contributed by atoms with Gasteiger partial charge >= 0.3 is 5.97 Å². The molecular weight excluding hydrogens is 421 g/mol. The Balaban J connectivity index is 1.74. The van der Waals surface area contributed by atoms with Crippen molar-refractivity contribution < 1.29 is 19.1 Å². The summed E-state index contributed by atoms with van der Waals surface area (Å²) in [5.41, 5.74) is 10.9. The fraction of sp³-hybridized carbons (Fsp3) is 0.115. The fourth-order valence-corrected chi connectivity index (χ4v) is 4.32. The van der Waals surface area contributed by atoms with Crippen LogP contribution >= 0.6 is 0 Å². The number of nitrogens with zero attached hydrogens (tertiary/aromatic N) is 2. The molecule has 0 fully saturated rings. The number of carbonyl (C=O) groups excluding carboxylic acids is 1. The summed E-state index contributed by atoms with van der Waals surface area (Å²) >= 11 is 0. The molecule has 0 bridgehead atoms. The number of aromatic carboxylic acids is 1. The van der Waals surface area contributed by atoms with Gasteiger partial charge in [-0.15, -0.1) is 0 Å². The van der Waals surface area contributed by atoms with Crippen LogP contribution in [0.15, 0.2) is 66.7 Å². The third kappa shape index (κ3) is 3.78. The molecule has 1 aliphatic heterocycles. The molecule has 4 aromatic rings. The minimum absolute atomic E-state index is 0.176. The van der Waals surface area contributed by atoms with E-state index >= 15 is 0 Å². The molecule has 33 heavy (non-hydrogen) atoms. The summed E-state index contributed by atoms with van der Waals surface area (Å²) in [6, 6.07) is 18.3. The molecule has 0 saturated carbocycles. The summed E-state index contributed by atoms with van der Waals surface area (Å²) in [7, 11) is 0. The molecule has 3 aromatic carbocycles. The smallest absolute Gasteiger partial charge is 0.335 e. The van der Waals surface area contributed by atoms with Crippen LogP contribution in [-0.2, 0) is 6.42 Å². The number of halogens is 1. The molecule has 2 heterocycles. The van der Waals surface area contributed by atoms with E-state index in [2.05, 4.69) is 4.90 Å². The van der Waals surface area contributed by atoms with Crippen molar-refractivity contribution in [3.05, 3.63) is 89.2 Å². The van der Waals surface area contributed by atoms with Gasteiger partial charge in [-0.3, -0.25) is 4.79 Å². The lowest BCUT2D eigenvalue weighted by molar-refractivity contribution is 0.0696. The third-order valence-electron chi connectivity index (χ3n) is 5.93. The van der Waals surface area contributed by atoms with Crippen molar-refractivity contribution >= 4 is 34.2 Å². The number of carboxylic acids is 1. The maximum absolute atomic E-state index is 13.6. The molecule has 0 unspecified atom stereocenters. The number of carboxylic acid groups (broad SMARTS) is 1. The van der Waals surface area contributed by atoms with Crippen molar-refractivity contribution in [3.63, 3.8) is 0 Å². The van der Waals surface area contributed by atoms with E-state index in [0.29, 0.717) is 28.7 Å². The first kappa shape index (κ1) is 20.6. The van der Waals surface area contributed by atoms with E-state index in [-0.39, 0.29) is 11.4 Å². The number of aryl methyl sites for hydroxylation is 1. The Bertz CT molecular complexity index is 1420. The molecule has 1 aliphatic rings. The van der Waals surface area contributed by atoms with Gasteiger partial charge in [0.2, 0.25) is 5.91 Å². The maximum atomic E-state index is 13.6. The van der Waals surface area contributed by atoms with E-state index < -0.39 is 11.9 Å². The third-order valence-corrected chi connectivity index (χ3v) is 5.93. The van der Waals surface area contributed by atoms with Gasteiger partial charge in [-0.2, -0.15) is 0 Å². The molecule has 0 atom stereocenters. The zero-order valence-corrected chi connectivity index (χ0v) is 17.6. The van der Waals surface area contributed by atoms with Gasteiger partial charge in [0.15, 0.2) is 0 Å². The second-order valence-corrected chi connectivity index (χ2v) is 8.04.